The first-order chi connectivity index (χ1) is 7.99. The van der Waals surface area contributed by atoms with E-state index in [9.17, 15) is 4.79 Å². The third kappa shape index (κ3) is 2.27. The molecule has 0 aliphatic carbocycles. The van der Waals surface area contributed by atoms with Gasteiger partial charge in [-0.2, -0.15) is 0 Å². The van der Waals surface area contributed by atoms with Crippen LogP contribution in [0.25, 0.3) is 0 Å². The van der Waals surface area contributed by atoms with E-state index in [-0.39, 0.29) is 5.78 Å². The van der Waals surface area contributed by atoms with Gasteiger partial charge in [0.25, 0.3) is 0 Å². The van der Waals surface area contributed by atoms with Gasteiger partial charge < -0.3 is 4.42 Å². The molecular formula is C14H13ClO2. The monoisotopic (exact) mass is 248 g/mol. The Labute approximate surface area is 105 Å². The molecule has 3 heteroatoms. The number of hydrogen-bond acceptors (Lipinski definition) is 2. The molecule has 0 aliphatic heterocycles. The van der Waals surface area contributed by atoms with Crippen LogP contribution in [0.2, 0.25) is 5.02 Å². The smallest absolute Gasteiger partial charge is 0.198 e. The van der Waals surface area contributed by atoms with Gasteiger partial charge in [0.05, 0.1) is 10.6 Å². The molecule has 17 heavy (non-hydrogen) atoms. The van der Waals surface area contributed by atoms with Crippen molar-refractivity contribution in [1.82, 2.24) is 0 Å². The molecule has 1 heterocycles. The molecule has 0 spiro atoms. The van der Waals surface area contributed by atoms with Crippen molar-refractivity contribution >= 4 is 17.4 Å². The second kappa shape index (κ2) is 4.38. The van der Waals surface area contributed by atoms with Crippen LogP contribution in [-0.2, 0) is 0 Å². The molecule has 0 N–H and O–H groups in total. The Morgan fingerprint density at radius 3 is 2.35 bits per heavy atom. The van der Waals surface area contributed by atoms with E-state index >= 15 is 0 Å². The van der Waals surface area contributed by atoms with Crippen molar-refractivity contribution in [3.05, 3.63) is 57.5 Å². The summed E-state index contributed by atoms with van der Waals surface area (Å²) in [4.78, 5) is 12.3. The highest BCUT2D eigenvalue weighted by Gasteiger charge is 2.17. The topological polar surface area (TPSA) is 30.2 Å². The van der Waals surface area contributed by atoms with Crippen LogP contribution in [0.3, 0.4) is 0 Å². The minimum Gasteiger partial charge on any atom is -0.466 e. The number of carbonyl (C=O) groups is 1. The quantitative estimate of drug-likeness (QED) is 0.750. The molecular weight excluding hydrogens is 236 g/mol. The van der Waals surface area contributed by atoms with Crippen LogP contribution in [0.15, 0.2) is 28.7 Å². The molecule has 2 aromatic rings. The fourth-order valence-corrected chi connectivity index (χ4v) is 2.13. The zero-order chi connectivity index (χ0) is 12.6. The predicted octanol–water partition coefficient (Wildman–Crippen LogP) is 4.09. The van der Waals surface area contributed by atoms with Crippen molar-refractivity contribution in [2.75, 3.05) is 0 Å². The summed E-state index contributed by atoms with van der Waals surface area (Å²) in [5, 5.41) is 0.480. The normalized spacial score (nSPS) is 10.6. The molecule has 0 saturated carbocycles. The van der Waals surface area contributed by atoms with Crippen LogP contribution in [0.5, 0.6) is 0 Å². The standard InChI is InChI=1S/C14H13ClO2/c1-8-4-5-11(13(15)6-8)14(16)12-7-9(2)17-10(12)3/h4-7H,1-3H3. The number of aryl methyl sites for hydroxylation is 3. The van der Waals surface area contributed by atoms with E-state index in [0.717, 1.165) is 11.3 Å². The average Bonchev–Trinajstić information content (AvgIpc) is 2.57. The molecule has 2 nitrogen and oxygen atoms in total. The van der Waals surface area contributed by atoms with Crippen LogP contribution in [-0.4, -0.2) is 5.78 Å². The summed E-state index contributed by atoms with van der Waals surface area (Å²) in [7, 11) is 0. The third-order valence-electron chi connectivity index (χ3n) is 2.65. The van der Waals surface area contributed by atoms with Gasteiger partial charge in [0.15, 0.2) is 5.78 Å². The van der Waals surface area contributed by atoms with Gasteiger partial charge >= 0.3 is 0 Å². The van der Waals surface area contributed by atoms with Gasteiger partial charge in [-0.3, -0.25) is 4.79 Å². The summed E-state index contributed by atoms with van der Waals surface area (Å²) in [5.74, 6) is 1.27. The Balaban J connectivity index is 2.47. The van der Waals surface area contributed by atoms with Crippen molar-refractivity contribution in [2.45, 2.75) is 20.8 Å². The number of hydrogen-bond donors (Lipinski definition) is 0. The zero-order valence-corrected chi connectivity index (χ0v) is 10.8. The number of rotatable bonds is 2. The maximum absolute atomic E-state index is 12.3. The van der Waals surface area contributed by atoms with E-state index in [0.29, 0.717) is 21.9 Å². The largest absolute Gasteiger partial charge is 0.466 e. The van der Waals surface area contributed by atoms with E-state index in [1.165, 1.54) is 0 Å². The fraction of sp³-hybridized carbons (Fsp3) is 0.214. The SMILES string of the molecule is Cc1ccc(C(=O)c2cc(C)oc2C)c(Cl)c1. The molecule has 88 valence electrons. The molecule has 2 rings (SSSR count). The van der Waals surface area contributed by atoms with E-state index < -0.39 is 0 Å². The highest BCUT2D eigenvalue weighted by Crippen LogP contribution is 2.23. The third-order valence-corrected chi connectivity index (χ3v) is 2.97. The zero-order valence-electron chi connectivity index (χ0n) is 10.0. The second-order valence-corrected chi connectivity index (χ2v) is 4.55. The number of benzene rings is 1. The van der Waals surface area contributed by atoms with Gasteiger partial charge in [-0.1, -0.05) is 17.7 Å². The summed E-state index contributed by atoms with van der Waals surface area (Å²) < 4.78 is 5.36. The van der Waals surface area contributed by atoms with E-state index in [1.807, 2.05) is 19.9 Å². The van der Waals surface area contributed by atoms with Crippen LogP contribution in [0.1, 0.15) is 33.0 Å². The Bertz CT molecular complexity index is 582. The Hall–Kier alpha value is -1.54. The fourth-order valence-electron chi connectivity index (χ4n) is 1.81. The summed E-state index contributed by atoms with van der Waals surface area (Å²) >= 11 is 6.08. The molecule has 0 bridgehead atoms. The average molecular weight is 249 g/mol. The summed E-state index contributed by atoms with van der Waals surface area (Å²) in [6.07, 6.45) is 0. The molecule has 0 radical (unpaired) electrons. The van der Waals surface area contributed by atoms with Crippen molar-refractivity contribution in [1.29, 1.82) is 0 Å². The summed E-state index contributed by atoms with van der Waals surface area (Å²) in [6.45, 7) is 5.54. The van der Waals surface area contributed by atoms with Crippen molar-refractivity contribution in [2.24, 2.45) is 0 Å². The van der Waals surface area contributed by atoms with E-state index in [4.69, 9.17) is 16.0 Å². The van der Waals surface area contributed by atoms with E-state index in [2.05, 4.69) is 0 Å². The van der Waals surface area contributed by atoms with Crippen LogP contribution < -0.4 is 0 Å². The minimum absolute atomic E-state index is 0.0932. The minimum atomic E-state index is -0.0932. The maximum atomic E-state index is 12.3. The van der Waals surface area contributed by atoms with Gasteiger partial charge in [-0.25, -0.2) is 0 Å². The summed E-state index contributed by atoms with van der Waals surface area (Å²) in [6, 6.07) is 7.16. The van der Waals surface area contributed by atoms with Gasteiger partial charge in [-0.15, -0.1) is 0 Å². The lowest BCUT2D eigenvalue weighted by molar-refractivity contribution is 0.103. The number of carbonyl (C=O) groups excluding carboxylic acids is 1. The van der Waals surface area contributed by atoms with Crippen LogP contribution in [0.4, 0.5) is 0 Å². The summed E-state index contributed by atoms with van der Waals surface area (Å²) in [5.41, 5.74) is 2.13. The predicted molar refractivity (Wildman–Crippen MR) is 67.8 cm³/mol. The first-order valence-corrected chi connectivity index (χ1v) is 5.74. The lowest BCUT2D eigenvalue weighted by Crippen LogP contribution is -2.02. The first-order valence-electron chi connectivity index (χ1n) is 5.37. The highest BCUT2D eigenvalue weighted by atomic mass is 35.5. The highest BCUT2D eigenvalue weighted by molar-refractivity contribution is 6.35. The second-order valence-electron chi connectivity index (χ2n) is 4.14. The molecule has 1 aromatic heterocycles. The van der Waals surface area contributed by atoms with Gasteiger partial charge in [0.1, 0.15) is 11.5 Å². The maximum Gasteiger partial charge on any atom is 0.198 e. The first kappa shape index (κ1) is 11.9. The molecule has 0 amide bonds. The molecule has 0 aliphatic rings. The van der Waals surface area contributed by atoms with Crippen LogP contribution >= 0.6 is 11.6 Å². The Morgan fingerprint density at radius 1 is 1.12 bits per heavy atom. The van der Waals surface area contributed by atoms with Crippen molar-refractivity contribution in [3.63, 3.8) is 0 Å². The lowest BCUT2D eigenvalue weighted by atomic mass is 10.0. The van der Waals surface area contributed by atoms with Gasteiger partial charge in [0.2, 0.25) is 0 Å². The molecule has 0 atom stereocenters. The number of halogens is 1. The molecule has 0 fully saturated rings. The molecule has 1 aromatic carbocycles. The molecule has 0 unspecified atom stereocenters. The number of ketones is 1. The van der Waals surface area contributed by atoms with Gasteiger partial charge in [-0.05, 0) is 44.5 Å². The number of furan rings is 1. The van der Waals surface area contributed by atoms with Crippen LogP contribution in [0, 0.1) is 20.8 Å². The molecule has 0 saturated heterocycles. The van der Waals surface area contributed by atoms with Crippen molar-refractivity contribution in [3.8, 4) is 0 Å². The Morgan fingerprint density at radius 2 is 1.82 bits per heavy atom. The van der Waals surface area contributed by atoms with Gasteiger partial charge in [0, 0.05) is 5.56 Å². The lowest BCUT2D eigenvalue weighted by Gasteiger charge is -2.03. The Kier molecular flexibility index (Phi) is 3.07. The van der Waals surface area contributed by atoms with E-state index in [1.54, 1.807) is 25.1 Å². The van der Waals surface area contributed by atoms with Crippen molar-refractivity contribution < 1.29 is 9.21 Å².